The number of hydrogen-bond donors (Lipinski definition) is 3. The highest BCUT2D eigenvalue weighted by Gasteiger charge is 2.32. The van der Waals surface area contributed by atoms with Gasteiger partial charge in [0.25, 0.3) is 6.43 Å². The number of halogens is 2. The average molecular weight is 258 g/mol. The summed E-state index contributed by atoms with van der Waals surface area (Å²) in [7, 11) is 0. The van der Waals surface area contributed by atoms with E-state index in [4.69, 9.17) is 0 Å². The number of nitrogens with zero attached hydrogens (tertiary/aromatic N) is 1. The van der Waals surface area contributed by atoms with Crippen molar-refractivity contribution >= 4 is 0 Å². The smallest absolute Gasteiger partial charge is 0.258 e. The third-order valence-electron chi connectivity index (χ3n) is 3.15. The lowest BCUT2D eigenvalue weighted by atomic mass is 10.0. The summed E-state index contributed by atoms with van der Waals surface area (Å²) in [4.78, 5) is 1.62. The van der Waals surface area contributed by atoms with E-state index in [0.29, 0.717) is 26.2 Å². The molecule has 0 aromatic heterocycles. The Balaban J connectivity index is 2.31. The fourth-order valence-electron chi connectivity index (χ4n) is 2.24. The van der Waals surface area contributed by atoms with Gasteiger partial charge in [0.2, 0.25) is 0 Å². The van der Waals surface area contributed by atoms with Crippen molar-refractivity contribution in [3.05, 3.63) is 23.8 Å². The molecule has 0 aliphatic carbocycles. The van der Waals surface area contributed by atoms with E-state index in [0.717, 1.165) is 0 Å². The summed E-state index contributed by atoms with van der Waals surface area (Å²) in [5.41, 5.74) is 0.0758. The highest BCUT2D eigenvalue weighted by atomic mass is 19.3. The Hall–Kier alpha value is -1.40. The number of aromatic hydroxyl groups is 2. The van der Waals surface area contributed by atoms with Crippen molar-refractivity contribution in [1.29, 1.82) is 0 Å². The lowest BCUT2D eigenvalue weighted by molar-refractivity contribution is 0.0169. The first-order chi connectivity index (χ1) is 8.61. The number of phenols is 2. The Labute approximate surface area is 104 Å². The van der Waals surface area contributed by atoms with Crippen molar-refractivity contribution in [2.75, 3.05) is 26.2 Å². The van der Waals surface area contributed by atoms with Crippen LogP contribution in [0, 0.1) is 0 Å². The zero-order valence-electron chi connectivity index (χ0n) is 9.81. The zero-order valence-corrected chi connectivity index (χ0v) is 9.81. The first-order valence-electron chi connectivity index (χ1n) is 5.85. The Morgan fingerprint density at radius 2 is 1.83 bits per heavy atom. The van der Waals surface area contributed by atoms with Crippen molar-refractivity contribution in [3.8, 4) is 11.5 Å². The minimum atomic E-state index is -2.62. The number of para-hydroxylation sites is 1. The molecule has 1 aromatic rings. The Bertz CT molecular complexity index is 409. The molecule has 0 bridgehead atoms. The molecule has 0 unspecified atom stereocenters. The third-order valence-corrected chi connectivity index (χ3v) is 3.15. The second-order valence-corrected chi connectivity index (χ2v) is 4.28. The zero-order chi connectivity index (χ0) is 13.1. The van der Waals surface area contributed by atoms with Gasteiger partial charge in [0, 0.05) is 31.7 Å². The first kappa shape index (κ1) is 13.0. The normalized spacial score (nSPS) is 19.1. The van der Waals surface area contributed by atoms with Crippen LogP contribution in [0.5, 0.6) is 11.5 Å². The number of phenolic OH excluding ortho intramolecular Hbond substituents is 2. The van der Waals surface area contributed by atoms with Gasteiger partial charge in [-0.15, -0.1) is 0 Å². The maximum Gasteiger partial charge on any atom is 0.258 e. The average Bonchev–Trinajstić information content (AvgIpc) is 2.36. The molecule has 1 saturated heterocycles. The molecule has 1 aromatic carbocycles. The summed E-state index contributed by atoms with van der Waals surface area (Å²) in [6, 6.07) is 2.98. The molecule has 0 amide bonds. The Morgan fingerprint density at radius 3 is 2.44 bits per heavy atom. The monoisotopic (exact) mass is 258 g/mol. The molecule has 18 heavy (non-hydrogen) atoms. The lowest BCUT2D eigenvalue weighted by Gasteiger charge is -2.34. The highest BCUT2D eigenvalue weighted by molar-refractivity contribution is 5.46. The van der Waals surface area contributed by atoms with Gasteiger partial charge in [0.1, 0.15) is 6.04 Å². The van der Waals surface area contributed by atoms with Crippen molar-refractivity contribution < 1.29 is 19.0 Å². The van der Waals surface area contributed by atoms with Crippen LogP contribution in [0.2, 0.25) is 0 Å². The molecule has 1 aliphatic heterocycles. The van der Waals surface area contributed by atoms with Gasteiger partial charge in [-0.25, -0.2) is 8.78 Å². The van der Waals surface area contributed by atoms with Crippen molar-refractivity contribution in [2.45, 2.75) is 12.5 Å². The predicted octanol–water partition coefficient (Wildman–Crippen LogP) is 1.31. The van der Waals surface area contributed by atoms with Gasteiger partial charge in [-0.1, -0.05) is 12.1 Å². The largest absolute Gasteiger partial charge is 0.504 e. The minimum Gasteiger partial charge on any atom is -0.504 e. The maximum atomic E-state index is 13.2. The van der Waals surface area contributed by atoms with E-state index < -0.39 is 18.2 Å². The molecule has 2 rings (SSSR count). The fraction of sp³-hybridized carbons (Fsp3) is 0.500. The van der Waals surface area contributed by atoms with Crippen LogP contribution in [0.25, 0.3) is 0 Å². The van der Waals surface area contributed by atoms with Crippen LogP contribution < -0.4 is 5.32 Å². The van der Waals surface area contributed by atoms with Crippen molar-refractivity contribution in [2.24, 2.45) is 0 Å². The van der Waals surface area contributed by atoms with Gasteiger partial charge < -0.3 is 15.5 Å². The maximum absolute atomic E-state index is 13.2. The van der Waals surface area contributed by atoms with Crippen molar-refractivity contribution in [1.82, 2.24) is 10.2 Å². The van der Waals surface area contributed by atoms with Crippen LogP contribution >= 0.6 is 0 Å². The molecule has 0 radical (unpaired) electrons. The molecular formula is C12H16F2N2O2. The quantitative estimate of drug-likeness (QED) is 0.715. The van der Waals surface area contributed by atoms with E-state index in [1.807, 2.05) is 0 Å². The molecule has 1 heterocycles. The first-order valence-corrected chi connectivity index (χ1v) is 5.85. The lowest BCUT2D eigenvalue weighted by Crippen LogP contribution is -2.46. The molecular weight excluding hydrogens is 242 g/mol. The molecule has 6 heteroatoms. The number of alkyl halides is 2. The molecule has 1 atom stereocenters. The fourth-order valence-corrected chi connectivity index (χ4v) is 2.24. The van der Waals surface area contributed by atoms with Crippen LogP contribution in [0.15, 0.2) is 18.2 Å². The Morgan fingerprint density at radius 1 is 1.17 bits per heavy atom. The van der Waals surface area contributed by atoms with Gasteiger partial charge >= 0.3 is 0 Å². The van der Waals surface area contributed by atoms with Gasteiger partial charge in [-0.3, -0.25) is 4.90 Å². The van der Waals surface area contributed by atoms with E-state index in [-0.39, 0.29) is 11.3 Å². The predicted molar refractivity (Wildman–Crippen MR) is 63.0 cm³/mol. The topological polar surface area (TPSA) is 55.7 Å². The van der Waals surface area contributed by atoms with Crippen LogP contribution in [-0.4, -0.2) is 47.7 Å². The van der Waals surface area contributed by atoms with Crippen LogP contribution in [0.3, 0.4) is 0 Å². The summed E-state index contributed by atoms with van der Waals surface area (Å²) in [5, 5.41) is 22.2. The molecule has 3 N–H and O–H groups in total. The minimum absolute atomic E-state index is 0.0758. The van der Waals surface area contributed by atoms with Crippen LogP contribution in [-0.2, 0) is 0 Å². The van der Waals surface area contributed by atoms with Gasteiger partial charge in [0.15, 0.2) is 11.5 Å². The second-order valence-electron chi connectivity index (χ2n) is 4.28. The molecule has 4 nitrogen and oxygen atoms in total. The summed E-state index contributed by atoms with van der Waals surface area (Å²) in [6.45, 7) is 2.26. The highest BCUT2D eigenvalue weighted by Crippen LogP contribution is 2.38. The standard InChI is InChI=1S/C12H16F2N2O2/c13-12(14)10(16-6-4-15-5-7-16)8-2-1-3-9(17)11(8)18/h1-3,10,12,15,17-18H,4-7H2/t10-/m0/s1. The molecule has 0 spiro atoms. The summed E-state index contributed by atoms with van der Waals surface area (Å²) >= 11 is 0. The molecule has 0 saturated carbocycles. The second kappa shape index (κ2) is 5.49. The van der Waals surface area contributed by atoms with E-state index in [2.05, 4.69) is 5.32 Å². The molecule has 1 fully saturated rings. The number of nitrogens with one attached hydrogen (secondary N) is 1. The van der Waals surface area contributed by atoms with Gasteiger partial charge in [-0.05, 0) is 6.07 Å². The number of piperazine rings is 1. The van der Waals surface area contributed by atoms with E-state index >= 15 is 0 Å². The summed E-state index contributed by atoms with van der Waals surface area (Å²) in [5.74, 6) is -0.824. The van der Waals surface area contributed by atoms with E-state index in [1.54, 1.807) is 4.90 Å². The van der Waals surface area contributed by atoms with Crippen LogP contribution in [0.1, 0.15) is 11.6 Å². The van der Waals surface area contributed by atoms with Crippen LogP contribution in [0.4, 0.5) is 8.78 Å². The van der Waals surface area contributed by atoms with E-state index in [9.17, 15) is 19.0 Å². The van der Waals surface area contributed by atoms with E-state index in [1.165, 1.54) is 18.2 Å². The summed E-state index contributed by atoms with van der Waals surface area (Å²) < 4.78 is 26.5. The molecule has 1 aliphatic rings. The van der Waals surface area contributed by atoms with Gasteiger partial charge in [0.05, 0.1) is 0 Å². The number of rotatable bonds is 3. The number of benzene rings is 1. The summed E-state index contributed by atoms with van der Waals surface area (Å²) in [6.07, 6.45) is -2.62. The third kappa shape index (κ3) is 2.54. The van der Waals surface area contributed by atoms with Crippen molar-refractivity contribution in [3.63, 3.8) is 0 Å². The number of hydrogen-bond acceptors (Lipinski definition) is 4. The van der Waals surface area contributed by atoms with Gasteiger partial charge in [-0.2, -0.15) is 0 Å². The molecule has 100 valence electrons. The Kier molecular flexibility index (Phi) is 3.98. The SMILES string of the molecule is Oc1cccc([C@@H](C(F)F)N2CCNCC2)c1O.